The van der Waals surface area contributed by atoms with E-state index in [1.54, 1.807) is 0 Å². The van der Waals surface area contributed by atoms with E-state index < -0.39 is 17.4 Å². The minimum absolute atomic E-state index is 0.245. The van der Waals surface area contributed by atoms with Crippen molar-refractivity contribution in [3.8, 4) is 0 Å². The molecule has 0 unspecified atom stereocenters. The summed E-state index contributed by atoms with van der Waals surface area (Å²) >= 11 is 0. The van der Waals surface area contributed by atoms with Crippen LogP contribution < -0.4 is 0 Å². The highest BCUT2D eigenvalue weighted by molar-refractivity contribution is 5.86. The van der Waals surface area contributed by atoms with Gasteiger partial charge in [0.1, 0.15) is 5.41 Å². The second-order valence-corrected chi connectivity index (χ2v) is 7.31. The molecule has 0 heterocycles. The smallest absolute Gasteiger partial charge is 0.318 e. The maximum atomic E-state index is 12.5. The highest BCUT2D eigenvalue weighted by Gasteiger charge is 2.41. The van der Waals surface area contributed by atoms with Crippen molar-refractivity contribution < 1.29 is 19.8 Å². The van der Waals surface area contributed by atoms with Gasteiger partial charge in [0, 0.05) is 6.42 Å². The van der Waals surface area contributed by atoms with Crippen molar-refractivity contribution in [2.75, 3.05) is 0 Å². The van der Waals surface area contributed by atoms with Gasteiger partial charge in [-0.15, -0.1) is 0 Å². The molecule has 0 amide bonds. The minimum Gasteiger partial charge on any atom is -0.481 e. The first-order valence-electron chi connectivity index (χ1n) is 10.1. The largest absolute Gasteiger partial charge is 0.481 e. The molecule has 2 N–H and O–H groups in total. The number of hydrogen-bond acceptors (Lipinski definition) is 2. The molecule has 28 heavy (non-hydrogen) atoms. The Kier molecular flexibility index (Phi) is 8.73. The van der Waals surface area contributed by atoms with Gasteiger partial charge >= 0.3 is 11.9 Å². The van der Waals surface area contributed by atoms with Crippen LogP contribution in [0.1, 0.15) is 68.9 Å². The van der Waals surface area contributed by atoms with Crippen molar-refractivity contribution >= 4 is 11.9 Å². The SMILES string of the molecule is O=C(O)CCCCCCCCCC(C(=O)O)(c1ccccc1)c1ccccc1. The summed E-state index contributed by atoms with van der Waals surface area (Å²) in [6, 6.07) is 19.0. The van der Waals surface area contributed by atoms with E-state index in [0.717, 1.165) is 56.1 Å². The van der Waals surface area contributed by atoms with E-state index in [4.69, 9.17) is 5.11 Å². The Hall–Kier alpha value is -2.62. The summed E-state index contributed by atoms with van der Waals surface area (Å²) in [5.74, 6) is -1.54. The molecule has 4 heteroatoms. The Bertz CT molecular complexity index is 685. The lowest BCUT2D eigenvalue weighted by Gasteiger charge is -2.31. The van der Waals surface area contributed by atoms with Crippen molar-refractivity contribution in [2.45, 2.75) is 63.2 Å². The van der Waals surface area contributed by atoms with Crippen LogP contribution in [0.25, 0.3) is 0 Å². The topological polar surface area (TPSA) is 74.6 Å². The van der Waals surface area contributed by atoms with Crippen LogP contribution in [-0.2, 0) is 15.0 Å². The van der Waals surface area contributed by atoms with Gasteiger partial charge in [-0.3, -0.25) is 9.59 Å². The molecule has 0 radical (unpaired) electrons. The van der Waals surface area contributed by atoms with Gasteiger partial charge in [0.15, 0.2) is 0 Å². The fourth-order valence-electron chi connectivity index (χ4n) is 3.80. The first kappa shape index (κ1) is 21.7. The number of unbranched alkanes of at least 4 members (excludes halogenated alkanes) is 6. The predicted molar refractivity (Wildman–Crippen MR) is 110 cm³/mol. The molecule has 0 aliphatic rings. The molecule has 0 fully saturated rings. The molecular formula is C24H30O4. The van der Waals surface area contributed by atoms with Gasteiger partial charge in [0.25, 0.3) is 0 Å². The lowest BCUT2D eigenvalue weighted by atomic mass is 9.71. The highest BCUT2D eigenvalue weighted by atomic mass is 16.4. The third-order valence-electron chi connectivity index (χ3n) is 5.34. The van der Waals surface area contributed by atoms with Crippen LogP contribution >= 0.6 is 0 Å². The third kappa shape index (κ3) is 5.95. The number of rotatable bonds is 13. The molecule has 0 aliphatic carbocycles. The van der Waals surface area contributed by atoms with Crippen molar-refractivity contribution in [3.05, 3.63) is 71.8 Å². The van der Waals surface area contributed by atoms with Crippen LogP contribution in [0.2, 0.25) is 0 Å². The standard InChI is InChI=1S/C24H30O4/c25-22(26)18-12-4-2-1-3-5-13-19-24(23(27)28,20-14-8-6-9-15-20)21-16-10-7-11-17-21/h6-11,14-17H,1-5,12-13,18-19H2,(H,25,26)(H,27,28). The summed E-state index contributed by atoms with van der Waals surface area (Å²) in [5.41, 5.74) is 0.619. The molecule has 2 aromatic carbocycles. The van der Waals surface area contributed by atoms with E-state index in [0.29, 0.717) is 6.42 Å². The van der Waals surface area contributed by atoms with Crippen molar-refractivity contribution in [2.24, 2.45) is 0 Å². The Balaban J connectivity index is 1.96. The molecule has 150 valence electrons. The van der Waals surface area contributed by atoms with E-state index in [9.17, 15) is 14.7 Å². The molecule has 0 bridgehead atoms. The number of benzene rings is 2. The molecule has 2 aromatic rings. The van der Waals surface area contributed by atoms with E-state index in [1.807, 2.05) is 60.7 Å². The molecule has 0 aliphatic heterocycles. The van der Waals surface area contributed by atoms with Crippen LogP contribution in [0.4, 0.5) is 0 Å². The number of carboxylic acids is 2. The maximum absolute atomic E-state index is 12.5. The highest BCUT2D eigenvalue weighted by Crippen LogP contribution is 2.38. The zero-order chi connectivity index (χ0) is 20.2. The summed E-state index contributed by atoms with van der Waals surface area (Å²) < 4.78 is 0. The molecule has 4 nitrogen and oxygen atoms in total. The second-order valence-electron chi connectivity index (χ2n) is 7.31. The minimum atomic E-state index is -1.02. The molecule has 0 aromatic heterocycles. The number of aliphatic carboxylic acids is 2. The Morgan fingerprint density at radius 2 is 1.07 bits per heavy atom. The molecule has 0 saturated carbocycles. The zero-order valence-electron chi connectivity index (χ0n) is 16.3. The van der Waals surface area contributed by atoms with Gasteiger partial charge in [0.05, 0.1) is 0 Å². The zero-order valence-corrected chi connectivity index (χ0v) is 16.3. The number of hydrogen-bond donors (Lipinski definition) is 2. The van der Waals surface area contributed by atoms with Crippen LogP contribution in [0.3, 0.4) is 0 Å². The van der Waals surface area contributed by atoms with Gasteiger partial charge in [-0.1, -0.05) is 99.2 Å². The van der Waals surface area contributed by atoms with E-state index in [2.05, 4.69) is 0 Å². The summed E-state index contributed by atoms with van der Waals surface area (Å²) in [7, 11) is 0. The first-order chi connectivity index (χ1) is 13.6. The normalized spacial score (nSPS) is 11.3. The van der Waals surface area contributed by atoms with E-state index in [1.165, 1.54) is 0 Å². The predicted octanol–water partition coefficient (Wildman–Crippen LogP) is 5.65. The summed E-state index contributed by atoms with van der Waals surface area (Å²) in [6.07, 6.45) is 7.46. The van der Waals surface area contributed by atoms with Gasteiger partial charge in [-0.05, 0) is 24.0 Å². The second kappa shape index (κ2) is 11.3. The van der Waals surface area contributed by atoms with Crippen LogP contribution in [0, 0.1) is 0 Å². The Morgan fingerprint density at radius 1 is 0.643 bits per heavy atom. The average molecular weight is 382 g/mol. The quantitative estimate of drug-likeness (QED) is 0.439. The number of carboxylic acid groups (broad SMARTS) is 2. The van der Waals surface area contributed by atoms with Gasteiger partial charge in [-0.2, -0.15) is 0 Å². The van der Waals surface area contributed by atoms with Crippen LogP contribution in [-0.4, -0.2) is 22.2 Å². The maximum Gasteiger partial charge on any atom is 0.318 e. The third-order valence-corrected chi connectivity index (χ3v) is 5.34. The van der Waals surface area contributed by atoms with E-state index in [-0.39, 0.29) is 6.42 Å². The molecule has 0 spiro atoms. The van der Waals surface area contributed by atoms with Gasteiger partial charge < -0.3 is 10.2 Å². The van der Waals surface area contributed by atoms with E-state index >= 15 is 0 Å². The van der Waals surface area contributed by atoms with Crippen LogP contribution in [0.5, 0.6) is 0 Å². The average Bonchev–Trinajstić information content (AvgIpc) is 2.70. The molecule has 0 saturated heterocycles. The molecule has 0 atom stereocenters. The summed E-state index contributed by atoms with van der Waals surface area (Å²) in [4.78, 5) is 23.0. The Morgan fingerprint density at radius 3 is 1.50 bits per heavy atom. The first-order valence-corrected chi connectivity index (χ1v) is 10.1. The lowest BCUT2D eigenvalue weighted by Crippen LogP contribution is -2.37. The summed E-state index contributed by atoms with van der Waals surface area (Å²) in [5, 5.41) is 18.9. The van der Waals surface area contributed by atoms with Gasteiger partial charge in [-0.25, -0.2) is 0 Å². The van der Waals surface area contributed by atoms with Crippen LogP contribution in [0.15, 0.2) is 60.7 Å². The molecular weight excluding hydrogens is 352 g/mol. The fourth-order valence-corrected chi connectivity index (χ4v) is 3.80. The lowest BCUT2D eigenvalue weighted by molar-refractivity contribution is -0.142. The summed E-state index contributed by atoms with van der Waals surface area (Å²) in [6.45, 7) is 0. The van der Waals surface area contributed by atoms with Crippen molar-refractivity contribution in [3.63, 3.8) is 0 Å². The number of carbonyl (C=O) groups is 2. The van der Waals surface area contributed by atoms with Gasteiger partial charge in [0.2, 0.25) is 0 Å². The fraction of sp³-hybridized carbons (Fsp3) is 0.417. The molecule has 2 rings (SSSR count). The monoisotopic (exact) mass is 382 g/mol. The Labute approximate surface area is 167 Å². The van der Waals surface area contributed by atoms with Crippen molar-refractivity contribution in [1.82, 2.24) is 0 Å². The van der Waals surface area contributed by atoms with Crippen molar-refractivity contribution in [1.29, 1.82) is 0 Å².